The Kier molecular flexibility index (Phi) is 10.5. The van der Waals surface area contributed by atoms with E-state index in [0.29, 0.717) is 29.7 Å². The number of rotatable bonds is 11. The van der Waals surface area contributed by atoms with Crippen molar-refractivity contribution < 1.29 is 52.5 Å². The number of hydrogen-bond donors (Lipinski definition) is 0. The summed E-state index contributed by atoms with van der Waals surface area (Å²) in [6.45, 7) is 4.63. The number of unbranched alkanes of at least 4 members (excludes halogenated alkanes) is 1. The van der Waals surface area contributed by atoms with E-state index in [9.17, 15) is 28.8 Å². The largest absolute Gasteiger partial charge is 0.463 e. The summed E-state index contributed by atoms with van der Waals surface area (Å²) in [5.41, 5.74) is -0.103. The second-order valence-corrected chi connectivity index (χ2v) is 10.2. The van der Waals surface area contributed by atoms with Crippen molar-refractivity contribution in [3.05, 3.63) is 35.4 Å². The van der Waals surface area contributed by atoms with Crippen LogP contribution in [0.25, 0.3) is 0 Å². The Morgan fingerprint density at radius 2 is 1.33 bits per heavy atom. The van der Waals surface area contributed by atoms with Crippen molar-refractivity contribution in [1.29, 1.82) is 0 Å². The van der Waals surface area contributed by atoms with Crippen molar-refractivity contribution in [1.82, 2.24) is 4.90 Å². The Bertz CT molecular complexity index is 1090. The van der Waals surface area contributed by atoms with Gasteiger partial charge < -0.3 is 23.7 Å². The predicted octanol–water partition coefficient (Wildman–Crippen LogP) is 1.88. The fourth-order valence-corrected chi connectivity index (χ4v) is 5.56. The molecule has 13 heteroatoms. The van der Waals surface area contributed by atoms with E-state index < -0.39 is 53.7 Å². The lowest BCUT2D eigenvalue weighted by Crippen LogP contribution is -2.61. The van der Waals surface area contributed by atoms with Gasteiger partial charge in [0.2, 0.25) is 0 Å². The van der Waals surface area contributed by atoms with Gasteiger partial charge in [0.25, 0.3) is 11.8 Å². The minimum atomic E-state index is -1.22. The fraction of sp³-hybridized carbons (Fsp3) is 0.538. The van der Waals surface area contributed by atoms with Gasteiger partial charge in [-0.2, -0.15) is 0 Å². The molecule has 5 unspecified atom stereocenters. The summed E-state index contributed by atoms with van der Waals surface area (Å²) in [4.78, 5) is 73.4. The minimum absolute atomic E-state index is 0.228. The molecule has 3 rings (SSSR count). The number of carbonyl (C=O) groups excluding carboxylic acids is 6. The van der Waals surface area contributed by atoms with Crippen molar-refractivity contribution in [3.63, 3.8) is 0 Å². The molecule has 212 valence electrons. The van der Waals surface area contributed by atoms with Crippen LogP contribution in [0.5, 0.6) is 0 Å². The third-order valence-electron chi connectivity index (χ3n) is 5.88. The molecular formula is C26H31NO11S. The van der Waals surface area contributed by atoms with E-state index in [0.717, 1.165) is 13.8 Å². The summed E-state index contributed by atoms with van der Waals surface area (Å²) < 4.78 is 27.4. The van der Waals surface area contributed by atoms with Crippen LogP contribution in [0.2, 0.25) is 0 Å². The first-order valence-electron chi connectivity index (χ1n) is 12.4. The lowest BCUT2D eigenvalue weighted by atomic mass is 9.99. The molecule has 1 aromatic rings. The molecule has 1 aromatic carbocycles. The predicted molar refractivity (Wildman–Crippen MR) is 135 cm³/mol. The second-order valence-electron chi connectivity index (χ2n) is 8.95. The van der Waals surface area contributed by atoms with Gasteiger partial charge in [-0.1, -0.05) is 12.1 Å². The molecule has 0 aliphatic carbocycles. The third kappa shape index (κ3) is 7.79. The number of fused-ring (bicyclic) bond motifs is 1. The zero-order valence-corrected chi connectivity index (χ0v) is 22.9. The first-order valence-corrected chi connectivity index (χ1v) is 13.4. The number of ether oxygens (including phenoxy) is 5. The number of nitrogens with zero attached hydrogens (tertiary/aromatic N) is 1. The molecule has 2 aliphatic heterocycles. The average Bonchev–Trinajstić information content (AvgIpc) is 3.10. The van der Waals surface area contributed by atoms with Crippen LogP contribution in [0.1, 0.15) is 61.3 Å². The molecule has 0 radical (unpaired) electrons. The van der Waals surface area contributed by atoms with Crippen molar-refractivity contribution in [2.45, 2.75) is 70.4 Å². The Labute approximate surface area is 229 Å². The quantitative estimate of drug-likeness (QED) is 0.167. The number of amides is 2. The average molecular weight is 566 g/mol. The normalized spacial score (nSPS) is 24.1. The van der Waals surface area contributed by atoms with Crippen LogP contribution in [0.15, 0.2) is 24.3 Å². The van der Waals surface area contributed by atoms with Crippen LogP contribution in [-0.2, 0) is 42.9 Å². The zero-order valence-electron chi connectivity index (χ0n) is 22.1. The SMILES string of the molecule is CC(=O)OCC1OC(SCCCCN2C(=O)c3ccccc3C2=O)C(OC(C)=O)C(OC(C)=O)C1OC(C)=O. The molecule has 0 bridgehead atoms. The van der Waals surface area contributed by atoms with E-state index >= 15 is 0 Å². The molecule has 2 aliphatic rings. The van der Waals surface area contributed by atoms with E-state index in [-0.39, 0.29) is 25.0 Å². The monoisotopic (exact) mass is 565 g/mol. The molecule has 5 atom stereocenters. The van der Waals surface area contributed by atoms with E-state index in [1.807, 2.05) is 0 Å². The number of imide groups is 1. The van der Waals surface area contributed by atoms with E-state index in [2.05, 4.69) is 0 Å². The summed E-state index contributed by atoms with van der Waals surface area (Å²) in [6, 6.07) is 6.65. The second kappa shape index (κ2) is 13.6. The Hall–Kier alpha value is -3.45. The number of benzene rings is 1. The molecule has 1 fully saturated rings. The van der Waals surface area contributed by atoms with Crippen LogP contribution >= 0.6 is 11.8 Å². The Morgan fingerprint density at radius 1 is 0.795 bits per heavy atom. The maximum absolute atomic E-state index is 12.6. The molecule has 0 aromatic heterocycles. The highest BCUT2D eigenvalue weighted by Gasteiger charge is 2.52. The topological polar surface area (TPSA) is 152 Å². The van der Waals surface area contributed by atoms with Crippen LogP contribution in [0.4, 0.5) is 0 Å². The highest BCUT2D eigenvalue weighted by Crippen LogP contribution is 2.35. The van der Waals surface area contributed by atoms with Crippen molar-refractivity contribution in [2.24, 2.45) is 0 Å². The first kappa shape index (κ1) is 30.1. The highest BCUT2D eigenvalue weighted by atomic mass is 32.2. The smallest absolute Gasteiger partial charge is 0.303 e. The van der Waals surface area contributed by atoms with Gasteiger partial charge in [-0.3, -0.25) is 33.7 Å². The van der Waals surface area contributed by atoms with Gasteiger partial charge in [0.05, 0.1) is 11.1 Å². The van der Waals surface area contributed by atoms with Crippen LogP contribution in [0, 0.1) is 0 Å². The van der Waals surface area contributed by atoms with Crippen LogP contribution < -0.4 is 0 Å². The zero-order chi connectivity index (χ0) is 28.7. The van der Waals surface area contributed by atoms with Crippen LogP contribution in [0.3, 0.4) is 0 Å². The Morgan fingerprint density at radius 3 is 1.87 bits per heavy atom. The lowest BCUT2D eigenvalue weighted by molar-refractivity contribution is -0.237. The molecular weight excluding hydrogens is 534 g/mol. The third-order valence-corrected chi connectivity index (χ3v) is 7.12. The van der Waals surface area contributed by atoms with E-state index in [4.69, 9.17) is 23.7 Å². The lowest BCUT2D eigenvalue weighted by Gasteiger charge is -2.44. The highest BCUT2D eigenvalue weighted by molar-refractivity contribution is 7.99. The number of carbonyl (C=O) groups is 6. The summed E-state index contributed by atoms with van der Waals surface area (Å²) >= 11 is 1.25. The van der Waals surface area contributed by atoms with Crippen molar-refractivity contribution in [3.8, 4) is 0 Å². The maximum Gasteiger partial charge on any atom is 0.303 e. The molecule has 2 amide bonds. The minimum Gasteiger partial charge on any atom is -0.463 e. The van der Waals surface area contributed by atoms with Gasteiger partial charge in [0.1, 0.15) is 18.1 Å². The Balaban J connectivity index is 1.68. The molecule has 0 saturated carbocycles. The van der Waals surface area contributed by atoms with Gasteiger partial charge >= 0.3 is 23.9 Å². The number of thioether (sulfide) groups is 1. The first-order chi connectivity index (χ1) is 18.5. The molecule has 1 saturated heterocycles. The van der Waals surface area contributed by atoms with Gasteiger partial charge in [0, 0.05) is 34.2 Å². The number of esters is 4. The van der Waals surface area contributed by atoms with E-state index in [1.54, 1.807) is 24.3 Å². The maximum atomic E-state index is 12.6. The van der Waals surface area contributed by atoms with Gasteiger partial charge in [-0.25, -0.2) is 0 Å². The van der Waals surface area contributed by atoms with E-state index in [1.165, 1.54) is 30.5 Å². The number of hydrogen-bond acceptors (Lipinski definition) is 12. The molecule has 0 N–H and O–H groups in total. The fourth-order valence-electron chi connectivity index (χ4n) is 4.34. The molecule has 12 nitrogen and oxygen atoms in total. The molecule has 0 spiro atoms. The summed E-state index contributed by atoms with van der Waals surface area (Å²) in [5.74, 6) is -2.87. The van der Waals surface area contributed by atoms with Gasteiger partial charge in [-0.15, -0.1) is 11.8 Å². The standard InChI is InChI=1S/C26H31NO11S/c1-14(28)34-13-20-21(35-15(2)29)22(36-16(3)30)23(37-17(4)31)26(38-20)39-12-8-7-11-27-24(32)18-9-5-6-10-19(18)25(27)33/h5-6,9-10,20-23,26H,7-8,11-13H2,1-4H3. The molecule has 39 heavy (non-hydrogen) atoms. The molecule has 2 heterocycles. The van der Waals surface area contributed by atoms with Crippen molar-refractivity contribution in [2.75, 3.05) is 18.9 Å². The van der Waals surface area contributed by atoms with Gasteiger partial charge in [0.15, 0.2) is 18.3 Å². The summed E-state index contributed by atoms with van der Waals surface area (Å²) in [5, 5.41) is 0. The summed E-state index contributed by atoms with van der Waals surface area (Å²) in [7, 11) is 0. The summed E-state index contributed by atoms with van der Waals surface area (Å²) in [6.07, 6.45) is -3.51. The van der Waals surface area contributed by atoms with Gasteiger partial charge in [-0.05, 0) is 30.7 Å². The van der Waals surface area contributed by atoms with Crippen molar-refractivity contribution >= 4 is 47.5 Å². The van der Waals surface area contributed by atoms with Crippen LogP contribution in [-0.4, -0.2) is 89.3 Å².